The van der Waals surface area contributed by atoms with Gasteiger partial charge in [-0.05, 0) is 102 Å². The predicted molar refractivity (Wildman–Crippen MR) is 321 cm³/mol. The fourth-order valence-corrected chi connectivity index (χ4v) is 16.1. The van der Waals surface area contributed by atoms with Gasteiger partial charge in [-0.2, -0.15) is 0 Å². The molecule has 13 rings (SSSR count). The van der Waals surface area contributed by atoms with Crippen molar-refractivity contribution >= 4 is 91.3 Å². The first-order chi connectivity index (χ1) is 36.7. The van der Waals surface area contributed by atoms with Crippen LogP contribution in [0.15, 0.2) is 291 Å². The van der Waals surface area contributed by atoms with Gasteiger partial charge in [0, 0.05) is 33.1 Å². The van der Waals surface area contributed by atoms with E-state index in [1.165, 1.54) is 59.0 Å². The first kappa shape index (κ1) is 53.3. The summed E-state index contributed by atoms with van der Waals surface area (Å²) in [6.45, 7) is 0. The van der Waals surface area contributed by atoms with Crippen LogP contribution in [0.25, 0.3) is 55.0 Å². The number of fused-ring (bicyclic) bond motifs is 6. The van der Waals surface area contributed by atoms with Crippen LogP contribution in [0.5, 0.6) is 0 Å². The molecular weight excluding hydrogens is 1320 g/mol. The summed E-state index contributed by atoms with van der Waals surface area (Å²) in [6.07, 6.45) is 14.7. The largest absolute Gasteiger partial charge is 1.00 e. The minimum absolute atomic E-state index is 0. The Morgan fingerprint density at radius 2 is 0.566 bits per heavy atom. The van der Waals surface area contributed by atoms with E-state index in [0.29, 0.717) is 0 Å². The Morgan fingerprint density at radius 3 is 0.987 bits per heavy atom. The maximum atomic E-state index is 7.37. The summed E-state index contributed by atoms with van der Waals surface area (Å²) >= 11 is 0. The number of nitrogens with zero attached hydrogens (tertiary/aromatic N) is 2. The molecule has 0 aliphatic heterocycles. The van der Waals surface area contributed by atoms with Gasteiger partial charge in [0.1, 0.15) is 47.7 Å². The maximum Gasteiger partial charge on any atom is 1.00 e. The number of hydrogen-bond donors (Lipinski definition) is 0. The van der Waals surface area contributed by atoms with E-state index >= 15 is 0 Å². The molecule has 0 atom stereocenters. The molecule has 6 heteroatoms. The van der Waals surface area contributed by atoms with Gasteiger partial charge in [-0.15, -0.1) is 35.4 Å². The van der Waals surface area contributed by atoms with Crippen LogP contribution in [-0.2, 0) is 44.8 Å². The molecule has 0 N–H and O–H groups in total. The van der Waals surface area contributed by atoms with Crippen LogP contribution in [0, 0.1) is 24.7 Å². The quantitative estimate of drug-likeness (QED) is 0.0621. The fraction of sp³-hybridized carbons (Fsp3) is 0. The molecule has 0 spiro atoms. The second-order valence-corrected chi connectivity index (χ2v) is 22.7. The van der Waals surface area contributed by atoms with Gasteiger partial charge in [0.05, 0.1) is 16.6 Å². The first-order valence-electron chi connectivity index (χ1n) is 24.8. The molecule has 0 radical (unpaired) electrons. The SMILES string of the molecule is [Au+].[Au+].[C-]#Cc1ccc2c(c1)c1ccccc1n2-c1ccccc1.[C-]#Cc1ccc2c3ccccc3n(-c3ccccc3)c2c1.c1ccc([PH+](c2ccccc2)c2ccccc2[PH+](c2ccccc2)c2ccccc2)cc1. The van der Waals surface area contributed by atoms with E-state index in [9.17, 15) is 0 Å². The van der Waals surface area contributed by atoms with Gasteiger partial charge in [0.25, 0.3) is 0 Å². The van der Waals surface area contributed by atoms with Gasteiger partial charge in [0.15, 0.2) is 0 Å². The van der Waals surface area contributed by atoms with Gasteiger partial charge < -0.3 is 22.0 Å². The summed E-state index contributed by atoms with van der Waals surface area (Å²) in [6, 6.07) is 103. The summed E-state index contributed by atoms with van der Waals surface area (Å²) < 4.78 is 4.50. The molecule has 2 heterocycles. The molecule has 0 saturated carbocycles. The molecule has 11 aromatic carbocycles. The molecule has 0 bridgehead atoms. The van der Waals surface area contributed by atoms with Crippen LogP contribution in [0.4, 0.5) is 0 Å². The third-order valence-electron chi connectivity index (χ3n) is 13.4. The minimum Gasteiger partial charge on any atom is -0.366 e. The van der Waals surface area contributed by atoms with Crippen molar-refractivity contribution in [3.8, 4) is 23.2 Å². The zero-order chi connectivity index (χ0) is 50.1. The smallest absolute Gasteiger partial charge is 0.366 e. The van der Waals surface area contributed by atoms with Crippen LogP contribution in [-0.4, -0.2) is 9.13 Å². The molecule has 370 valence electrons. The number of rotatable bonds is 8. The molecule has 76 heavy (non-hydrogen) atoms. The monoisotopic (exact) mass is 1370 g/mol. The third kappa shape index (κ3) is 11.2. The van der Waals surface area contributed by atoms with Crippen molar-refractivity contribution in [1.29, 1.82) is 0 Å². The topological polar surface area (TPSA) is 9.86 Å². The van der Waals surface area contributed by atoms with Crippen molar-refractivity contribution in [3.63, 3.8) is 0 Å². The van der Waals surface area contributed by atoms with Crippen LogP contribution in [0.1, 0.15) is 11.1 Å². The molecular formula is C70H50Au2N2P2+2. The Hall–Kier alpha value is -7.52. The van der Waals surface area contributed by atoms with E-state index in [2.05, 4.69) is 264 Å². The summed E-state index contributed by atoms with van der Waals surface area (Å²) in [4.78, 5) is 0. The van der Waals surface area contributed by atoms with Gasteiger partial charge in [-0.1, -0.05) is 170 Å². The van der Waals surface area contributed by atoms with E-state index in [1.807, 2.05) is 48.5 Å². The number of para-hydroxylation sites is 4. The number of aromatic nitrogens is 2. The van der Waals surface area contributed by atoms with Crippen LogP contribution >= 0.6 is 15.8 Å². The van der Waals surface area contributed by atoms with Crippen LogP contribution in [0.2, 0.25) is 0 Å². The van der Waals surface area contributed by atoms with Gasteiger partial charge in [-0.3, -0.25) is 11.8 Å². The molecule has 0 fully saturated rings. The molecule has 0 aliphatic rings. The molecule has 0 unspecified atom stereocenters. The first-order valence-corrected chi connectivity index (χ1v) is 27.8. The predicted octanol–water partition coefficient (Wildman–Crippen LogP) is 14.1. The van der Waals surface area contributed by atoms with Crippen molar-refractivity contribution in [1.82, 2.24) is 9.13 Å². The number of hydrogen-bond acceptors (Lipinski definition) is 0. The number of benzene rings is 11. The standard InChI is InChI=1S/C30H24P2.2C20H12N.2Au/c1-5-15-25(16-6-1)31(26-17-7-2-8-18-26)29-23-13-14-24-30(29)32(27-19-9-3-10-20-27)28-21-11-4-12-22-28;1-2-15-12-13-20-18(14-15)17-10-6-7-11-19(17)21(20)16-8-4-3-5-9-16;1-2-15-12-13-18-17-10-6-7-11-19(17)21(20(18)14-15)16-8-4-3-5-9-16;;/h1-24H;2*3-14H;;/q;2*-1;2*+1/p+2. The van der Waals surface area contributed by atoms with Gasteiger partial charge >= 0.3 is 44.8 Å². The second kappa shape index (κ2) is 25.3. The van der Waals surface area contributed by atoms with E-state index in [-0.39, 0.29) is 44.8 Å². The molecule has 0 amide bonds. The Labute approximate surface area is 479 Å². The van der Waals surface area contributed by atoms with Crippen molar-refractivity contribution in [2.24, 2.45) is 0 Å². The van der Waals surface area contributed by atoms with Crippen molar-refractivity contribution in [3.05, 3.63) is 315 Å². The Balaban J connectivity index is 0.000000142. The summed E-state index contributed by atoms with van der Waals surface area (Å²) in [5.74, 6) is 4.95. The molecule has 2 aromatic heterocycles. The summed E-state index contributed by atoms with van der Waals surface area (Å²) in [7, 11) is -2.28. The van der Waals surface area contributed by atoms with Crippen molar-refractivity contribution in [2.45, 2.75) is 0 Å². The van der Waals surface area contributed by atoms with E-state index < -0.39 is 15.8 Å². The zero-order valence-corrected chi connectivity index (χ0v) is 47.5. The summed E-state index contributed by atoms with van der Waals surface area (Å²) in [5.41, 5.74) is 8.50. The minimum atomic E-state index is -1.14. The average Bonchev–Trinajstić information content (AvgIpc) is 4.06. The summed E-state index contributed by atoms with van der Waals surface area (Å²) in [5, 5.41) is 13.5. The van der Waals surface area contributed by atoms with Gasteiger partial charge in [-0.25, -0.2) is 0 Å². The van der Waals surface area contributed by atoms with Gasteiger partial charge in [0.2, 0.25) is 0 Å². The second-order valence-electron chi connectivity index (χ2n) is 17.8. The van der Waals surface area contributed by atoms with Crippen LogP contribution in [0.3, 0.4) is 0 Å². The molecule has 13 aromatic rings. The molecule has 2 nitrogen and oxygen atoms in total. The average molecular weight is 1380 g/mol. The fourth-order valence-electron chi connectivity index (χ4n) is 10.1. The van der Waals surface area contributed by atoms with Crippen molar-refractivity contribution in [2.75, 3.05) is 0 Å². The zero-order valence-electron chi connectivity index (χ0n) is 41.2. The maximum absolute atomic E-state index is 7.37. The van der Waals surface area contributed by atoms with Crippen molar-refractivity contribution < 1.29 is 44.8 Å². The molecule has 0 saturated heterocycles. The Morgan fingerprint density at radius 1 is 0.263 bits per heavy atom. The normalized spacial score (nSPS) is 10.6. The molecule has 0 aliphatic carbocycles. The van der Waals surface area contributed by atoms with E-state index in [0.717, 1.165) is 38.9 Å². The Kier molecular flexibility index (Phi) is 17.8. The van der Waals surface area contributed by atoms with Crippen LogP contribution < -0.4 is 31.8 Å². The van der Waals surface area contributed by atoms with E-state index in [1.54, 1.807) is 0 Å². The Bertz CT molecular complexity index is 3910. The third-order valence-corrected chi connectivity index (χ3v) is 19.2. The van der Waals surface area contributed by atoms with E-state index in [4.69, 9.17) is 12.8 Å².